The van der Waals surface area contributed by atoms with Crippen molar-refractivity contribution in [2.45, 2.75) is 69.6 Å². The average molecular weight is 568 g/mol. The molecule has 0 spiro atoms. The Morgan fingerprint density at radius 2 is 1.83 bits per heavy atom. The second kappa shape index (κ2) is 10.4. The lowest BCUT2D eigenvalue weighted by atomic mass is 9.82. The summed E-state index contributed by atoms with van der Waals surface area (Å²) in [6, 6.07) is 10.2. The number of nitrogens with one attached hydrogen (secondary N) is 2. The van der Waals surface area contributed by atoms with Crippen molar-refractivity contribution in [1.29, 1.82) is 0 Å². The Labute approximate surface area is 233 Å². The molecule has 13 heteroatoms. The van der Waals surface area contributed by atoms with Gasteiger partial charge in [-0.15, -0.1) is 23.4 Å². The molecule has 0 radical (unpaired) electrons. The third-order valence-electron chi connectivity index (χ3n) is 8.33. The highest BCUT2D eigenvalue weighted by atomic mass is 19.4. The average Bonchev–Trinajstić information content (AvgIpc) is 3.37. The van der Waals surface area contributed by atoms with Crippen LogP contribution in [0.5, 0.6) is 5.75 Å². The van der Waals surface area contributed by atoms with Crippen LogP contribution in [0.1, 0.15) is 55.8 Å². The first-order chi connectivity index (χ1) is 19.9. The first kappa shape index (κ1) is 25.9. The van der Waals surface area contributed by atoms with E-state index in [1.807, 2.05) is 12.1 Å². The van der Waals surface area contributed by atoms with Crippen LogP contribution >= 0.6 is 0 Å². The fourth-order valence-corrected chi connectivity index (χ4v) is 6.33. The smallest absolute Gasteiger partial charge is 0.405 e. The van der Waals surface area contributed by atoms with E-state index in [1.54, 1.807) is 18.3 Å². The summed E-state index contributed by atoms with van der Waals surface area (Å²) in [5.74, 6) is 2.79. The molecule has 3 aliphatic rings. The molecule has 2 unspecified atom stereocenters. The maximum absolute atomic E-state index is 13.1. The lowest BCUT2D eigenvalue weighted by Crippen LogP contribution is -2.39. The predicted molar refractivity (Wildman–Crippen MR) is 139 cm³/mol. The molecule has 0 aliphatic heterocycles. The van der Waals surface area contributed by atoms with Crippen LogP contribution in [0.2, 0.25) is 0 Å². The molecular weight excluding hydrogens is 539 g/mol. The number of para-hydroxylation sites is 1. The molecule has 3 heterocycles. The fraction of sp³-hybridized carbons (Fsp3) is 0.464. The topological polar surface area (TPSA) is 124 Å². The summed E-state index contributed by atoms with van der Waals surface area (Å²) in [5.41, 5.74) is 2.09. The van der Waals surface area contributed by atoms with Crippen LogP contribution < -0.4 is 10.1 Å². The van der Waals surface area contributed by atoms with Gasteiger partial charge in [0.25, 0.3) is 0 Å². The molecule has 1 aromatic carbocycles. The predicted octanol–water partition coefficient (Wildman–Crippen LogP) is 5.88. The summed E-state index contributed by atoms with van der Waals surface area (Å²) in [4.78, 5) is 4.55. The van der Waals surface area contributed by atoms with Gasteiger partial charge in [-0.05, 0) is 79.8 Å². The minimum absolute atomic E-state index is 0.0376. The molecule has 3 aliphatic carbocycles. The van der Waals surface area contributed by atoms with Crippen LogP contribution in [-0.2, 0) is 11.3 Å². The molecule has 3 saturated carbocycles. The molecule has 3 aromatic heterocycles. The van der Waals surface area contributed by atoms with Gasteiger partial charge in [0, 0.05) is 34.8 Å². The molecular formula is C28H28F3N7O3. The van der Waals surface area contributed by atoms with Gasteiger partial charge in [-0.1, -0.05) is 17.3 Å². The van der Waals surface area contributed by atoms with Crippen molar-refractivity contribution in [2.24, 2.45) is 11.8 Å². The van der Waals surface area contributed by atoms with Crippen molar-refractivity contribution in [2.75, 3.05) is 5.32 Å². The number of anilines is 1. The van der Waals surface area contributed by atoms with Gasteiger partial charge >= 0.3 is 6.36 Å². The Morgan fingerprint density at radius 3 is 2.51 bits per heavy atom. The highest BCUT2D eigenvalue weighted by Crippen LogP contribution is 2.47. The molecule has 0 amide bonds. The summed E-state index contributed by atoms with van der Waals surface area (Å²) < 4.78 is 55.7. The van der Waals surface area contributed by atoms with Crippen LogP contribution in [0.4, 0.5) is 19.0 Å². The standard InChI is InChI=1S/C28H28F3N7O3/c29-28(30,31)40-22-4-2-1-3-20(22)25-21(26(41-36-25)15-5-6-15)14-39-19-11-16-7-8-17(12-19)24(16)33-23-10-9-18(13-32-23)27-34-37-38-35-27/h1-4,9-10,13,15-17,19,24H,5-8,11-12,14H2,(H,32,33)(H,34,35,37,38)/t16-,17+,19?,24?. The molecule has 3 fully saturated rings. The lowest BCUT2D eigenvalue weighted by molar-refractivity contribution is -0.274. The SMILES string of the molecule is FC(F)(F)Oc1ccccc1-c1noc(C2CC2)c1COC1C[C@H]2CC[C@@H](C1)C2Nc1ccc(-c2nn[nH]n2)cn1. The van der Waals surface area contributed by atoms with Gasteiger partial charge in [0.1, 0.15) is 23.0 Å². The van der Waals surface area contributed by atoms with Crippen LogP contribution in [0.3, 0.4) is 0 Å². The largest absolute Gasteiger partial charge is 0.573 e. The monoisotopic (exact) mass is 567 g/mol. The van der Waals surface area contributed by atoms with Crippen molar-refractivity contribution >= 4 is 5.82 Å². The van der Waals surface area contributed by atoms with E-state index in [4.69, 9.17) is 9.26 Å². The number of rotatable bonds is 9. The Kier molecular flexibility index (Phi) is 6.60. The minimum atomic E-state index is -4.81. The molecule has 4 atom stereocenters. The number of halogens is 3. The van der Waals surface area contributed by atoms with E-state index in [-0.39, 0.29) is 29.9 Å². The summed E-state index contributed by atoms with van der Waals surface area (Å²) >= 11 is 0. The quantitative estimate of drug-likeness (QED) is 0.255. The number of alkyl halides is 3. The summed E-state index contributed by atoms with van der Waals surface area (Å²) in [5, 5.41) is 21.8. The number of ether oxygens (including phenoxy) is 2. The number of aromatic amines is 1. The molecule has 0 saturated heterocycles. The number of nitrogens with zero attached hydrogens (tertiary/aromatic N) is 5. The van der Waals surface area contributed by atoms with Gasteiger partial charge in [-0.2, -0.15) is 5.21 Å². The van der Waals surface area contributed by atoms with E-state index in [1.165, 1.54) is 12.1 Å². The second-order valence-electron chi connectivity index (χ2n) is 11.0. The number of hydrogen-bond acceptors (Lipinski definition) is 9. The molecule has 2 N–H and O–H groups in total. The van der Waals surface area contributed by atoms with Crippen molar-refractivity contribution in [1.82, 2.24) is 30.8 Å². The second-order valence-corrected chi connectivity index (χ2v) is 11.0. The third kappa shape index (κ3) is 5.50. The number of fused-ring (bicyclic) bond motifs is 2. The van der Waals surface area contributed by atoms with Crippen molar-refractivity contribution in [3.05, 3.63) is 53.9 Å². The number of benzene rings is 1. The van der Waals surface area contributed by atoms with E-state index in [2.05, 4.69) is 40.8 Å². The molecule has 7 rings (SSSR count). The summed E-state index contributed by atoms with van der Waals surface area (Å²) in [7, 11) is 0. The zero-order chi connectivity index (χ0) is 28.0. The maximum Gasteiger partial charge on any atom is 0.573 e. The Hall–Kier alpha value is -4.00. The number of tetrazole rings is 1. The van der Waals surface area contributed by atoms with Crippen molar-refractivity contribution in [3.8, 4) is 28.4 Å². The Balaban J connectivity index is 1.03. The van der Waals surface area contributed by atoms with Crippen LogP contribution in [0.25, 0.3) is 22.6 Å². The van der Waals surface area contributed by atoms with Crippen molar-refractivity contribution < 1.29 is 27.2 Å². The van der Waals surface area contributed by atoms with Gasteiger partial charge in [-0.3, -0.25) is 0 Å². The van der Waals surface area contributed by atoms with Gasteiger partial charge in [0.2, 0.25) is 5.82 Å². The minimum Gasteiger partial charge on any atom is -0.405 e. The van der Waals surface area contributed by atoms with Crippen LogP contribution in [0.15, 0.2) is 47.1 Å². The number of hydrogen-bond donors (Lipinski definition) is 2. The van der Waals surface area contributed by atoms with Gasteiger partial charge in [-0.25, -0.2) is 4.98 Å². The zero-order valence-electron chi connectivity index (χ0n) is 22.0. The molecule has 214 valence electrons. The van der Waals surface area contributed by atoms with E-state index < -0.39 is 6.36 Å². The van der Waals surface area contributed by atoms with E-state index >= 15 is 0 Å². The Bertz CT molecular complexity index is 1470. The van der Waals surface area contributed by atoms with Crippen molar-refractivity contribution in [3.63, 3.8) is 0 Å². The van der Waals surface area contributed by atoms with E-state index in [0.29, 0.717) is 40.7 Å². The molecule has 2 bridgehead atoms. The molecule has 4 aromatic rings. The van der Waals surface area contributed by atoms with E-state index in [9.17, 15) is 13.2 Å². The molecule has 41 heavy (non-hydrogen) atoms. The summed E-state index contributed by atoms with van der Waals surface area (Å²) in [6.45, 7) is 0.228. The number of aromatic nitrogens is 6. The first-order valence-corrected chi connectivity index (χ1v) is 13.8. The first-order valence-electron chi connectivity index (χ1n) is 13.8. The Morgan fingerprint density at radius 1 is 1.02 bits per heavy atom. The van der Waals surface area contributed by atoms with Crippen LogP contribution in [-0.4, -0.2) is 49.3 Å². The summed E-state index contributed by atoms with van der Waals surface area (Å²) in [6.07, 6.45) is 2.89. The highest BCUT2D eigenvalue weighted by molar-refractivity contribution is 5.70. The third-order valence-corrected chi connectivity index (χ3v) is 8.33. The van der Waals surface area contributed by atoms with Crippen LogP contribution in [0, 0.1) is 11.8 Å². The molecule has 10 nitrogen and oxygen atoms in total. The fourth-order valence-electron chi connectivity index (χ4n) is 6.33. The highest BCUT2D eigenvalue weighted by Gasteiger charge is 2.44. The van der Waals surface area contributed by atoms with Gasteiger partial charge < -0.3 is 19.3 Å². The lowest BCUT2D eigenvalue weighted by Gasteiger charge is -2.36. The van der Waals surface area contributed by atoms with E-state index in [0.717, 1.165) is 49.9 Å². The number of H-pyrrole nitrogens is 1. The number of pyridine rings is 1. The maximum atomic E-state index is 13.1. The van der Waals surface area contributed by atoms with Gasteiger partial charge in [0.05, 0.1) is 12.7 Å². The normalized spacial score (nSPS) is 24.0. The van der Waals surface area contributed by atoms with Gasteiger partial charge in [0.15, 0.2) is 0 Å². The zero-order valence-corrected chi connectivity index (χ0v) is 22.0.